The van der Waals surface area contributed by atoms with E-state index < -0.39 is 0 Å². The zero-order chi connectivity index (χ0) is 15.6. The Bertz CT molecular complexity index is 587. The molecule has 0 aliphatic carbocycles. The van der Waals surface area contributed by atoms with E-state index in [1.807, 2.05) is 13.2 Å². The van der Waals surface area contributed by atoms with Gasteiger partial charge in [0.1, 0.15) is 0 Å². The highest BCUT2D eigenvalue weighted by molar-refractivity contribution is 9.11. The Hall–Kier alpha value is -0.210. The average Bonchev–Trinajstić information content (AvgIpc) is 2.94. The van der Waals surface area contributed by atoms with Crippen LogP contribution in [-0.2, 0) is 6.54 Å². The molecule has 2 heterocycles. The first-order valence-corrected chi connectivity index (χ1v) is 9.13. The number of hydrogen-bond acceptors (Lipinski definition) is 4. The van der Waals surface area contributed by atoms with Gasteiger partial charge < -0.3 is 10.2 Å². The van der Waals surface area contributed by atoms with Crippen molar-refractivity contribution in [2.24, 2.45) is 0 Å². The smallest absolute Gasteiger partial charge is 0.0851 e. The van der Waals surface area contributed by atoms with Crippen molar-refractivity contribution in [1.29, 1.82) is 0 Å². The van der Waals surface area contributed by atoms with Crippen molar-refractivity contribution < 1.29 is 0 Å². The molecule has 0 spiro atoms. The second-order valence-electron chi connectivity index (χ2n) is 5.23. The van der Waals surface area contributed by atoms with Crippen LogP contribution in [0.15, 0.2) is 20.5 Å². The zero-order valence-corrected chi connectivity index (χ0v) is 16.6. The summed E-state index contributed by atoms with van der Waals surface area (Å²) >= 11 is 9.03. The lowest BCUT2D eigenvalue weighted by atomic mass is 10.1. The highest BCUT2D eigenvalue weighted by Gasteiger charge is 2.22. The van der Waals surface area contributed by atoms with Crippen molar-refractivity contribution in [3.63, 3.8) is 0 Å². The summed E-state index contributed by atoms with van der Waals surface area (Å²) in [5.41, 5.74) is 2.44. The third-order valence-corrected chi connectivity index (χ3v) is 6.13. The van der Waals surface area contributed by atoms with Gasteiger partial charge in [0.25, 0.3) is 0 Å². The van der Waals surface area contributed by atoms with Crippen LogP contribution in [-0.4, -0.2) is 42.4 Å². The summed E-state index contributed by atoms with van der Waals surface area (Å²) in [5.74, 6) is 0. The second-order valence-corrected chi connectivity index (χ2v) is 8.49. The maximum absolute atomic E-state index is 4.51. The van der Waals surface area contributed by atoms with Gasteiger partial charge in [-0.3, -0.25) is 4.68 Å². The molecule has 7 heteroatoms. The molecule has 4 nitrogen and oxygen atoms in total. The maximum atomic E-state index is 4.51. The van der Waals surface area contributed by atoms with Crippen LogP contribution >= 0.6 is 43.2 Å². The first kappa shape index (κ1) is 17.1. The third-order valence-electron chi connectivity index (χ3n) is 3.32. The van der Waals surface area contributed by atoms with Crippen LogP contribution in [0.5, 0.6) is 0 Å². The standard InChI is InChI=1S/C14H20Br2N4S/c1-9-7-11(21-14(9)16)12(17-2)13-10(15)8-18-20(13)6-5-19(3)4/h7-8,12,17H,5-6H2,1-4H3. The quantitative estimate of drug-likeness (QED) is 0.751. The highest BCUT2D eigenvalue weighted by atomic mass is 79.9. The van der Waals surface area contributed by atoms with Crippen LogP contribution in [0, 0.1) is 6.92 Å². The first-order chi connectivity index (χ1) is 9.93. The van der Waals surface area contributed by atoms with E-state index in [0.717, 1.165) is 17.6 Å². The summed E-state index contributed by atoms with van der Waals surface area (Å²) in [6.45, 7) is 3.96. The molecule has 0 saturated heterocycles. The van der Waals surface area contributed by atoms with Gasteiger partial charge in [0, 0.05) is 11.4 Å². The predicted octanol–water partition coefficient (Wildman–Crippen LogP) is 3.65. The fourth-order valence-corrected chi connectivity index (χ4v) is 4.38. The van der Waals surface area contributed by atoms with Crippen molar-refractivity contribution in [3.05, 3.63) is 36.7 Å². The van der Waals surface area contributed by atoms with Crippen LogP contribution in [0.1, 0.15) is 22.2 Å². The van der Waals surface area contributed by atoms with E-state index in [1.54, 1.807) is 11.3 Å². The lowest BCUT2D eigenvalue weighted by molar-refractivity contribution is 0.366. The monoisotopic (exact) mass is 434 g/mol. The number of rotatable bonds is 6. The van der Waals surface area contributed by atoms with Crippen molar-refractivity contribution >= 4 is 43.2 Å². The topological polar surface area (TPSA) is 33.1 Å². The molecule has 0 fully saturated rings. The molecule has 0 bridgehead atoms. The minimum atomic E-state index is 0.138. The Balaban J connectivity index is 2.35. The molecular formula is C14H20Br2N4S. The van der Waals surface area contributed by atoms with Crippen molar-refractivity contribution in [3.8, 4) is 0 Å². The predicted molar refractivity (Wildman–Crippen MR) is 96.1 cm³/mol. The molecule has 21 heavy (non-hydrogen) atoms. The van der Waals surface area contributed by atoms with Gasteiger partial charge in [-0.2, -0.15) is 5.10 Å². The third kappa shape index (κ3) is 3.96. The van der Waals surface area contributed by atoms with Gasteiger partial charge in [-0.05, 0) is 71.6 Å². The number of hydrogen-bond donors (Lipinski definition) is 1. The van der Waals surface area contributed by atoms with E-state index in [1.165, 1.54) is 19.9 Å². The van der Waals surface area contributed by atoms with Crippen molar-refractivity contribution in [1.82, 2.24) is 20.0 Å². The Morgan fingerprint density at radius 1 is 1.43 bits per heavy atom. The summed E-state index contributed by atoms with van der Waals surface area (Å²) in [4.78, 5) is 3.45. The summed E-state index contributed by atoms with van der Waals surface area (Å²) in [6.07, 6.45) is 1.88. The van der Waals surface area contributed by atoms with Crippen LogP contribution in [0.2, 0.25) is 0 Å². The summed E-state index contributed by atoms with van der Waals surface area (Å²) in [6, 6.07) is 2.37. The molecule has 0 amide bonds. The first-order valence-electron chi connectivity index (χ1n) is 6.73. The number of aromatic nitrogens is 2. The SMILES string of the molecule is CNC(c1cc(C)c(Br)s1)c1c(Br)cnn1CCN(C)C. The normalized spacial score (nSPS) is 13.1. The molecule has 0 saturated carbocycles. The van der Waals surface area contributed by atoms with Gasteiger partial charge in [-0.15, -0.1) is 11.3 Å². The van der Waals surface area contributed by atoms with Gasteiger partial charge in [-0.25, -0.2) is 0 Å². The number of nitrogens with one attached hydrogen (secondary N) is 1. The fourth-order valence-electron chi connectivity index (χ4n) is 2.17. The van der Waals surface area contributed by atoms with E-state index in [4.69, 9.17) is 0 Å². The van der Waals surface area contributed by atoms with Gasteiger partial charge in [0.15, 0.2) is 0 Å². The molecule has 1 unspecified atom stereocenters. The zero-order valence-electron chi connectivity index (χ0n) is 12.7. The van der Waals surface area contributed by atoms with Crippen LogP contribution in [0.25, 0.3) is 0 Å². The maximum Gasteiger partial charge on any atom is 0.0851 e. The summed E-state index contributed by atoms with van der Waals surface area (Å²) < 4.78 is 4.31. The van der Waals surface area contributed by atoms with E-state index in [0.29, 0.717) is 0 Å². The molecule has 2 aromatic heterocycles. The molecule has 1 N–H and O–H groups in total. The minimum Gasteiger partial charge on any atom is -0.308 e. The summed E-state index contributed by atoms with van der Waals surface area (Å²) in [5, 5.41) is 7.92. The molecule has 0 aliphatic heterocycles. The number of likely N-dealkylation sites (N-methyl/N-ethyl adjacent to an activating group) is 1. The number of nitrogens with zero attached hydrogens (tertiary/aromatic N) is 3. The van der Waals surface area contributed by atoms with Gasteiger partial charge in [-0.1, -0.05) is 0 Å². The Kier molecular flexibility index (Phi) is 6.02. The molecule has 0 radical (unpaired) electrons. The average molecular weight is 436 g/mol. The lowest BCUT2D eigenvalue weighted by Gasteiger charge is -2.19. The number of aryl methyl sites for hydroxylation is 1. The van der Waals surface area contributed by atoms with Gasteiger partial charge in [0.05, 0.1) is 32.7 Å². The van der Waals surface area contributed by atoms with Crippen molar-refractivity contribution in [2.75, 3.05) is 27.7 Å². The molecule has 0 aliphatic rings. The van der Waals surface area contributed by atoms with E-state index in [-0.39, 0.29) is 6.04 Å². The van der Waals surface area contributed by atoms with Crippen molar-refractivity contribution in [2.45, 2.75) is 19.5 Å². The van der Waals surface area contributed by atoms with Crippen LogP contribution in [0.4, 0.5) is 0 Å². The second kappa shape index (κ2) is 7.37. The fraction of sp³-hybridized carbons (Fsp3) is 0.500. The Morgan fingerprint density at radius 3 is 2.67 bits per heavy atom. The van der Waals surface area contributed by atoms with E-state index in [2.05, 4.69) is 78.9 Å². The van der Waals surface area contributed by atoms with Gasteiger partial charge >= 0.3 is 0 Å². The number of halogens is 2. The minimum absolute atomic E-state index is 0.138. The van der Waals surface area contributed by atoms with E-state index >= 15 is 0 Å². The molecule has 2 rings (SSSR count). The highest BCUT2D eigenvalue weighted by Crippen LogP contribution is 2.36. The lowest BCUT2D eigenvalue weighted by Crippen LogP contribution is -2.25. The van der Waals surface area contributed by atoms with E-state index in [9.17, 15) is 0 Å². The molecule has 116 valence electrons. The van der Waals surface area contributed by atoms with Crippen LogP contribution < -0.4 is 5.32 Å². The van der Waals surface area contributed by atoms with Gasteiger partial charge in [0.2, 0.25) is 0 Å². The molecule has 1 atom stereocenters. The Morgan fingerprint density at radius 2 is 2.14 bits per heavy atom. The number of thiophene rings is 1. The van der Waals surface area contributed by atoms with Crippen LogP contribution in [0.3, 0.4) is 0 Å². The molecular weight excluding hydrogens is 416 g/mol. The largest absolute Gasteiger partial charge is 0.308 e. The molecule has 0 aromatic carbocycles. The summed E-state index contributed by atoms with van der Waals surface area (Å²) in [7, 11) is 6.14. The molecule has 2 aromatic rings. The Labute approximate surface area is 146 Å².